The van der Waals surface area contributed by atoms with E-state index < -0.39 is 6.10 Å². The quantitative estimate of drug-likeness (QED) is 0.793. The van der Waals surface area contributed by atoms with E-state index in [1.807, 2.05) is 30.3 Å². The summed E-state index contributed by atoms with van der Waals surface area (Å²) in [4.78, 5) is 0. The van der Waals surface area contributed by atoms with Crippen molar-refractivity contribution in [2.75, 3.05) is 0 Å². The molecule has 0 aliphatic heterocycles. The Balaban J connectivity index is 1.56. The third-order valence-electron chi connectivity index (χ3n) is 5.01. The average Bonchev–Trinajstić information content (AvgIpc) is 3.03. The minimum Gasteiger partial charge on any atom is -0.460 e. The second-order valence-corrected chi connectivity index (χ2v) is 6.99. The van der Waals surface area contributed by atoms with Crippen molar-refractivity contribution in [3.05, 3.63) is 47.7 Å². The Labute approximate surface area is 145 Å². The largest absolute Gasteiger partial charge is 0.460 e. The molecule has 1 aromatic heterocycles. The first-order valence-corrected chi connectivity index (χ1v) is 9.33. The van der Waals surface area contributed by atoms with Gasteiger partial charge < -0.3 is 14.8 Å². The fourth-order valence-corrected chi connectivity index (χ4v) is 3.46. The number of aliphatic hydroxyl groups is 1. The number of rotatable bonds is 5. The van der Waals surface area contributed by atoms with E-state index in [-0.39, 0.29) is 0 Å². The minimum absolute atomic E-state index is 0.431. The van der Waals surface area contributed by atoms with Crippen molar-refractivity contribution < 1.29 is 9.52 Å². The van der Waals surface area contributed by atoms with Gasteiger partial charge in [0.2, 0.25) is 0 Å². The predicted octanol–water partition coefficient (Wildman–Crippen LogP) is 5.20. The number of furan rings is 1. The summed E-state index contributed by atoms with van der Waals surface area (Å²) in [6.07, 6.45) is 8.99. The van der Waals surface area contributed by atoms with Gasteiger partial charge in [0, 0.05) is 11.6 Å². The smallest absolute Gasteiger partial charge is 0.134 e. The van der Waals surface area contributed by atoms with Crippen LogP contribution in [0.25, 0.3) is 11.3 Å². The van der Waals surface area contributed by atoms with Gasteiger partial charge in [0.25, 0.3) is 0 Å². The maximum Gasteiger partial charge on any atom is 0.134 e. The molecule has 0 spiro atoms. The molecule has 3 nitrogen and oxygen atoms in total. The lowest BCUT2D eigenvalue weighted by Crippen LogP contribution is -2.29. The Morgan fingerprint density at radius 2 is 1.67 bits per heavy atom. The molecule has 1 atom stereocenters. The standard InChI is InChI=1S/C21H29NO2/c1-16(23)17-9-11-18(12-10-17)21-14-13-20(24-21)15-22-19-7-5-3-2-4-6-8-19/h9-14,16,19,22-23H,2-8,15H2,1H3. The fraction of sp³-hybridized carbons (Fsp3) is 0.524. The Morgan fingerprint density at radius 3 is 2.33 bits per heavy atom. The molecule has 3 rings (SSSR count). The van der Waals surface area contributed by atoms with Crippen molar-refractivity contribution >= 4 is 0 Å². The number of nitrogens with one attached hydrogen (secondary N) is 1. The van der Waals surface area contributed by atoms with Crippen LogP contribution in [0.2, 0.25) is 0 Å². The number of benzene rings is 1. The number of hydrogen-bond acceptors (Lipinski definition) is 3. The Hall–Kier alpha value is -1.58. The van der Waals surface area contributed by atoms with Gasteiger partial charge in [0.1, 0.15) is 11.5 Å². The van der Waals surface area contributed by atoms with Crippen molar-refractivity contribution in [2.24, 2.45) is 0 Å². The van der Waals surface area contributed by atoms with Crippen LogP contribution in [0.3, 0.4) is 0 Å². The summed E-state index contributed by atoms with van der Waals surface area (Å²) in [7, 11) is 0. The van der Waals surface area contributed by atoms with Crippen LogP contribution in [0.5, 0.6) is 0 Å². The lowest BCUT2D eigenvalue weighted by Gasteiger charge is -2.20. The van der Waals surface area contributed by atoms with Crippen LogP contribution in [-0.2, 0) is 6.54 Å². The van der Waals surface area contributed by atoms with Crippen LogP contribution >= 0.6 is 0 Å². The zero-order chi connectivity index (χ0) is 16.8. The molecule has 1 aromatic carbocycles. The maximum atomic E-state index is 9.59. The number of hydrogen-bond donors (Lipinski definition) is 2. The van der Waals surface area contributed by atoms with Crippen LogP contribution in [0.15, 0.2) is 40.8 Å². The summed E-state index contributed by atoms with van der Waals surface area (Å²) in [5, 5.41) is 13.3. The van der Waals surface area contributed by atoms with Gasteiger partial charge in [-0.3, -0.25) is 0 Å². The van der Waals surface area contributed by atoms with E-state index in [9.17, 15) is 5.11 Å². The maximum absolute atomic E-state index is 9.59. The fourth-order valence-electron chi connectivity index (χ4n) is 3.46. The molecule has 3 heteroatoms. The van der Waals surface area contributed by atoms with Crippen LogP contribution in [0.1, 0.15) is 69.3 Å². The highest BCUT2D eigenvalue weighted by atomic mass is 16.3. The van der Waals surface area contributed by atoms with Crippen molar-refractivity contribution in [2.45, 2.75) is 70.6 Å². The summed E-state index contributed by atoms with van der Waals surface area (Å²) in [5.74, 6) is 1.88. The van der Waals surface area contributed by atoms with E-state index in [0.717, 1.165) is 29.2 Å². The minimum atomic E-state index is -0.431. The Morgan fingerprint density at radius 1 is 1.00 bits per heavy atom. The molecule has 1 aliphatic carbocycles. The molecule has 1 fully saturated rings. The molecule has 1 heterocycles. The van der Waals surface area contributed by atoms with Crippen LogP contribution in [0, 0.1) is 0 Å². The first kappa shape index (κ1) is 17.2. The second kappa shape index (κ2) is 8.50. The molecule has 0 amide bonds. The summed E-state index contributed by atoms with van der Waals surface area (Å²) in [6.45, 7) is 2.58. The highest BCUT2D eigenvalue weighted by Crippen LogP contribution is 2.24. The van der Waals surface area contributed by atoms with Crippen molar-refractivity contribution in [1.29, 1.82) is 0 Å². The Bertz CT molecular complexity index is 607. The van der Waals surface area contributed by atoms with E-state index in [1.165, 1.54) is 44.9 Å². The van der Waals surface area contributed by atoms with Crippen LogP contribution in [-0.4, -0.2) is 11.1 Å². The van der Waals surface area contributed by atoms with E-state index >= 15 is 0 Å². The zero-order valence-corrected chi connectivity index (χ0v) is 14.6. The van der Waals surface area contributed by atoms with Crippen molar-refractivity contribution in [3.8, 4) is 11.3 Å². The molecule has 0 bridgehead atoms. The van der Waals surface area contributed by atoms with Gasteiger partial charge in [-0.05, 0) is 37.5 Å². The first-order valence-electron chi connectivity index (χ1n) is 9.33. The molecule has 2 aromatic rings. The third kappa shape index (κ3) is 4.71. The van der Waals surface area contributed by atoms with Gasteiger partial charge in [-0.25, -0.2) is 0 Å². The number of aliphatic hydroxyl groups excluding tert-OH is 1. The molecule has 1 aliphatic rings. The van der Waals surface area contributed by atoms with Crippen LogP contribution in [0.4, 0.5) is 0 Å². The van der Waals surface area contributed by atoms with Gasteiger partial charge in [0.05, 0.1) is 12.6 Å². The molecule has 1 saturated carbocycles. The van der Waals surface area contributed by atoms with Gasteiger partial charge in [-0.15, -0.1) is 0 Å². The molecule has 24 heavy (non-hydrogen) atoms. The van der Waals surface area contributed by atoms with Crippen molar-refractivity contribution in [3.63, 3.8) is 0 Å². The van der Waals surface area contributed by atoms with Crippen molar-refractivity contribution in [1.82, 2.24) is 5.32 Å². The average molecular weight is 327 g/mol. The third-order valence-corrected chi connectivity index (χ3v) is 5.01. The first-order chi connectivity index (χ1) is 11.7. The molecule has 1 unspecified atom stereocenters. The van der Waals surface area contributed by atoms with E-state index in [4.69, 9.17) is 4.42 Å². The zero-order valence-electron chi connectivity index (χ0n) is 14.6. The summed E-state index contributed by atoms with van der Waals surface area (Å²) in [6, 6.07) is 12.6. The van der Waals surface area contributed by atoms with Crippen LogP contribution < -0.4 is 5.32 Å². The van der Waals surface area contributed by atoms with Gasteiger partial charge >= 0.3 is 0 Å². The van der Waals surface area contributed by atoms with Gasteiger partial charge in [-0.1, -0.05) is 56.4 Å². The molecular weight excluding hydrogens is 298 g/mol. The lowest BCUT2D eigenvalue weighted by atomic mass is 9.97. The van der Waals surface area contributed by atoms with Gasteiger partial charge in [-0.2, -0.15) is 0 Å². The highest BCUT2D eigenvalue weighted by molar-refractivity contribution is 5.58. The molecule has 2 N–H and O–H groups in total. The monoisotopic (exact) mass is 327 g/mol. The topological polar surface area (TPSA) is 45.4 Å². The molecule has 0 saturated heterocycles. The molecular formula is C21H29NO2. The lowest BCUT2D eigenvalue weighted by molar-refractivity contribution is 0.199. The summed E-state index contributed by atoms with van der Waals surface area (Å²) < 4.78 is 5.99. The molecule has 130 valence electrons. The normalized spacial score (nSPS) is 18.1. The molecule has 0 radical (unpaired) electrons. The SMILES string of the molecule is CC(O)c1ccc(-c2ccc(CNC3CCCCCCC3)o2)cc1. The summed E-state index contributed by atoms with van der Waals surface area (Å²) >= 11 is 0. The van der Waals surface area contributed by atoms with E-state index in [0.29, 0.717) is 6.04 Å². The highest BCUT2D eigenvalue weighted by Gasteiger charge is 2.12. The van der Waals surface area contributed by atoms with E-state index in [2.05, 4.69) is 11.4 Å². The van der Waals surface area contributed by atoms with Gasteiger partial charge in [0.15, 0.2) is 0 Å². The van der Waals surface area contributed by atoms with E-state index in [1.54, 1.807) is 6.92 Å². The predicted molar refractivity (Wildman–Crippen MR) is 97.7 cm³/mol. The Kier molecular flexibility index (Phi) is 6.11. The second-order valence-electron chi connectivity index (χ2n) is 6.99. The summed E-state index contributed by atoms with van der Waals surface area (Å²) in [5.41, 5.74) is 1.98.